The van der Waals surface area contributed by atoms with E-state index in [1.54, 1.807) is 6.33 Å². The molecule has 0 amide bonds. The Balaban J connectivity index is 2.00. The molecule has 1 aromatic heterocycles. The highest BCUT2D eigenvalue weighted by Gasteiger charge is 2.25. The number of carboxylic acid groups (broad SMARTS) is 1. The van der Waals surface area contributed by atoms with Crippen LogP contribution in [0.5, 0.6) is 0 Å². The first-order valence-corrected chi connectivity index (χ1v) is 6.46. The van der Waals surface area contributed by atoms with Crippen molar-refractivity contribution in [3.05, 3.63) is 18.1 Å². The van der Waals surface area contributed by atoms with E-state index in [0.29, 0.717) is 0 Å². The number of rotatable bonds is 5. The molecule has 5 heteroatoms. The van der Waals surface area contributed by atoms with Gasteiger partial charge in [0, 0.05) is 31.3 Å². The monoisotopic (exact) mass is 249 g/mol. The highest BCUT2D eigenvalue weighted by Crippen LogP contribution is 2.24. The maximum Gasteiger partial charge on any atom is 0.303 e. The van der Waals surface area contributed by atoms with Gasteiger partial charge in [0.15, 0.2) is 0 Å². The summed E-state index contributed by atoms with van der Waals surface area (Å²) in [6, 6.07) is 2.02. The number of hydrogen-bond donors (Lipinski definition) is 1. The Morgan fingerprint density at radius 3 is 3.11 bits per heavy atom. The number of hydrogen-bond acceptors (Lipinski definition) is 4. The van der Waals surface area contributed by atoms with Crippen molar-refractivity contribution in [2.75, 3.05) is 18.0 Å². The van der Waals surface area contributed by atoms with Gasteiger partial charge in [0.1, 0.15) is 12.1 Å². The standard InChI is InChI=1S/C13H19N3O2/c1-2-3-11-7-12(15-9-14-11)16-5-4-10(8-16)6-13(17)18/h7,9-10H,2-6,8H2,1H3,(H,17,18). The fourth-order valence-corrected chi connectivity index (χ4v) is 2.41. The van der Waals surface area contributed by atoms with Gasteiger partial charge in [-0.1, -0.05) is 13.3 Å². The van der Waals surface area contributed by atoms with Gasteiger partial charge in [0.05, 0.1) is 0 Å². The summed E-state index contributed by atoms with van der Waals surface area (Å²) in [6.45, 7) is 3.80. The Morgan fingerprint density at radius 2 is 2.39 bits per heavy atom. The number of carboxylic acids is 1. The van der Waals surface area contributed by atoms with Gasteiger partial charge in [-0.05, 0) is 18.8 Å². The first-order valence-electron chi connectivity index (χ1n) is 6.46. The van der Waals surface area contributed by atoms with E-state index in [-0.39, 0.29) is 12.3 Å². The molecule has 0 saturated carbocycles. The zero-order chi connectivity index (χ0) is 13.0. The van der Waals surface area contributed by atoms with Gasteiger partial charge >= 0.3 is 5.97 Å². The fraction of sp³-hybridized carbons (Fsp3) is 0.615. The second-order valence-corrected chi connectivity index (χ2v) is 4.82. The van der Waals surface area contributed by atoms with Gasteiger partial charge in [-0.25, -0.2) is 9.97 Å². The van der Waals surface area contributed by atoms with Crippen molar-refractivity contribution < 1.29 is 9.90 Å². The quantitative estimate of drug-likeness (QED) is 0.860. The largest absolute Gasteiger partial charge is 0.481 e. The Hall–Kier alpha value is -1.65. The van der Waals surface area contributed by atoms with Crippen molar-refractivity contribution in [1.82, 2.24) is 9.97 Å². The second-order valence-electron chi connectivity index (χ2n) is 4.82. The molecule has 1 saturated heterocycles. The molecule has 0 bridgehead atoms. The predicted molar refractivity (Wildman–Crippen MR) is 68.6 cm³/mol. The molecule has 1 aromatic rings. The molecular weight excluding hydrogens is 230 g/mol. The van der Waals surface area contributed by atoms with Crippen LogP contribution in [-0.4, -0.2) is 34.1 Å². The molecule has 0 aliphatic carbocycles. The maximum absolute atomic E-state index is 10.7. The normalized spacial score (nSPS) is 19.2. The minimum Gasteiger partial charge on any atom is -0.481 e. The molecule has 0 radical (unpaired) electrons. The zero-order valence-corrected chi connectivity index (χ0v) is 10.7. The summed E-state index contributed by atoms with van der Waals surface area (Å²) in [5.41, 5.74) is 1.06. The molecule has 5 nitrogen and oxygen atoms in total. The van der Waals surface area contributed by atoms with Gasteiger partial charge in [-0.2, -0.15) is 0 Å². The van der Waals surface area contributed by atoms with Crippen molar-refractivity contribution in [2.45, 2.75) is 32.6 Å². The zero-order valence-electron chi connectivity index (χ0n) is 10.7. The number of aryl methyl sites for hydroxylation is 1. The van der Waals surface area contributed by atoms with Crippen molar-refractivity contribution in [2.24, 2.45) is 5.92 Å². The minimum absolute atomic E-state index is 0.243. The smallest absolute Gasteiger partial charge is 0.303 e. The number of aromatic nitrogens is 2. The van der Waals surface area contributed by atoms with Crippen molar-refractivity contribution >= 4 is 11.8 Å². The molecule has 0 spiro atoms. The van der Waals surface area contributed by atoms with E-state index >= 15 is 0 Å². The molecule has 2 heterocycles. The third kappa shape index (κ3) is 3.18. The van der Waals surface area contributed by atoms with Crippen LogP contribution in [0.1, 0.15) is 31.9 Å². The van der Waals surface area contributed by atoms with Crippen LogP contribution in [-0.2, 0) is 11.2 Å². The number of anilines is 1. The van der Waals surface area contributed by atoms with Gasteiger partial charge in [0.25, 0.3) is 0 Å². The van der Waals surface area contributed by atoms with Crippen molar-refractivity contribution in [3.8, 4) is 0 Å². The minimum atomic E-state index is -0.712. The maximum atomic E-state index is 10.7. The molecule has 1 fully saturated rings. The van der Waals surface area contributed by atoms with E-state index in [9.17, 15) is 4.79 Å². The lowest BCUT2D eigenvalue weighted by atomic mass is 10.1. The number of carbonyl (C=O) groups is 1. The fourth-order valence-electron chi connectivity index (χ4n) is 2.41. The van der Waals surface area contributed by atoms with Crippen molar-refractivity contribution in [3.63, 3.8) is 0 Å². The van der Waals surface area contributed by atoms with Crippen molar-refractivity contribution in [1.29, 1.82) is 0 Å². The van der Waals surface area contributed by atoms with E-state index in [2.05, 4.69) is 21.8 Å². The molecule has 2 rings (SSSR count). The summed E-state index contributed by atoms with van der Waals surface area (Å²) < 4.78 is 0. The number of nitrogens with zero attached hydrogens (tertiary/aromatic N) is 3. The summed E-state index contributed by atoms with van der Waals surface area (Å²) in [5.74, 6) is 0.463. The van der Waals surface area contributed by atoms with Crippen LogP contribution in [0.3, 0.4) is 0 Å². The van der Waals surface area contributed by atoms with Crippen LogP contribution in [0.4, 0.5) is 5.82 Å². The molecule has 1 aliphatic heterocycles. The molecule has 98 valence electrons. The molecule has 1 aliphatic rings. The van der Waals surface area contributed by atoms with E-state index < -0.39 is 5.97 Å². The van der Waals surface area contributed by atoms with Crippen LogP contribution in [0.2, 0.25) is 0 Å². The predicted octanol–water partition coefficient (Wildman–Crippen LogP) is 1.73. The summed E-state index contributed by atoms with van der Waals surface area (Å²) >= 11 is 0. The van der Waals surface area contributed by atoms with Crippen LogP contribution in [0, 0.1) is 5.92 Å². The Morgan fingerprint density at radius 1 is 1.56 bits per heavy atom. The van der Waals surface area contributed by atoms with E-state index in [4.69, 9.17) is 5.11 Å². The van der Waals surface area contributed by atoms with Gasteiger partial charge in [-0.3, -0.25) is 4.79 Å². The Labute approximate surface area is 107 Å². The summed E-state index contributed by atoms with van der Waals surface area (Å²) in [6.07, 6.45) is 4.81. The van der Waals surface area contributed by atoms with Crippen LogP contribution >= 0.6 is 0 Å². The summed E-state index contributed by atoms with van der Waals surface area (Å²) in [5, 5.41) is 8.80. The first kappa shape index (κ1) is 12.8. The second kappa shape index (κ2) is 5.80. The molecule has 1 atom stereocenters. The third-order valence-electron chi connectivity index (χ3n) is 3.29. The van der Waals surface area contributed by atoms with E-state index in [1.165, 1.54) is 0 Å². The first-order chi connectivity index (χ1) is 8.69. The van der Waals surface area contributed by atoms with E-state index in [1.807, 2.05) is 6.07 Å². The lowest BCUT2D eigenvalue weighted by molar-refractivity contribution is -0.137. The highest BCUT2D eigenvalue weighted by molar-refractivity contribution is 5.67. The molecule has 1 unspecified atom stereocenters. The van der Waals surface area contributed by atoms with Gasteiger partial charge < -0.3 is 10.0 Å². The summed E-state index contributed by atoms with van der Waals surface area (Å²) in [7, 11) is 0. The third-order valence-corrected chi connectivity index (χ3v) is 3.29. The summed E-state index contributed by atoms with van der Waals surface area (Å²) in [4.78, 5) is 21.4. The average molecular weight is 249 g/mol. The van der Waals surface area contributed by atoms with E-state index in [0.717, 1.165) is 43.9 Å². The highest BCUT2D eigenvalue weighted by atomic mass is 16.4. The van der Waals surface area contributed by atoms with Crippen LogP contribution in [0.15, 0.2) is 12.4 Å². The topological polar surface area (TPSA) is 66.3 Å². The molecule has 18 heavy (non-hydrogen) atoms. The SMILES string of the molecule is CCCc1cc(N2CCC(CC(=O)O)C2)ncn1. The van der Waals surface area contributed by atoms with Crippen LogP contribution in [0.25, 0.3) is 0 Å². The lowest BCUT2D eigenvalue weighted by Crippen LogP contribution is -2.21. The molecular formula is C13H19N3O2. The van der Waals surface area contributed by atoms with Gasteiger partial charge in [-0.15, -0.1) is 0 Å². The molecule has 1 N–H and O–H groups in total. The Kier molecular flexibility index (Phi) is 4.12. The van der Waals surface area contributed by atoms with Gasteiger partial charge in [0.2, 0.25) is 0 Å². The Bertz CT molecular complexity index is 422. The van der Waals surface area contributed by atoms with Crippen LogP contribution < -0.4 is 4.90 Å². The lowest BCUT2D eigenvalue weighted by Gasteiger charge is -2.17. The average Bonchev–Trinajstić information content (AvgIpc) is 2.77. The number of aliphatic carboxylic acids is 1. The molecule has 0 aromatic carbocycles.